The van der Waals surface area contributed by atoms with Crippen LogP contribution in [0.2, 0.25) is 0 Å². The zero-order valence-corrected chi connectivity index (χ0v) is 16.8. The van der Waals surface area contributed by atoms with Gasteiger partial charge in [-0.2, -0.15) is 0 Å². The number of aliphatic imine (C=N–C) groups is 1. The zero-order chi connectivity index (χ0) is 16.3. The molecular formula is C17H28IN3O3. The lowest BCUT2D eigenvalue weighted by atomic mass is 10.2. The molecule has 1 aliphatic rings. The third kappa shape index (κ3) is 7.12. The van der Waals surface area contributed by atoms with Crippen molar-refractivity contribution in [3.05, 3.63) is 23.8 Å². The minimum Gasteiger partial charge on any atom is -0.454 e. The van der Waals surface area contributed by atoms with E-state index in [1.165, 1.54) is 0 Å². The fourth-order valence-corrected chi connectivity index (χ4v) is 2.31. The molecule has 2 rings (SSSR count). The van der Waals surface area contributed by atoms with Gasteiger partial charge in [0.1, 0.15) is 0 Å². The highest BCUT2D eigenvalue weighted by molar-refractivity contribution is 14.0. The number of guanidine groups is 1. The van der Waals surface area contributed by atoms with Crippen LogP contribution in [0.25, 0.3) is 0 Å². The quantitative estimate of drug-likeness (QED) is 0.263. The van der Waals surface area contributed by atoms with E-state index < -0.39 is 0 Å². The number of hydrogen-bond acceptors (Lipinski definition) is 4. The molecule has 1 aliphatic heterocycles. The number of unbranched alkanes of at least 4 members (excludes halogenated alkanes) is 2. The number of nitrogens with one attached hydrogen (secondary N) is 2. The molecule has 0 atom stereocenters. The number of hydrogen-bond donors (Lipinski definition) is 2. The van der Waals surface area contributed by atoms with E-state index in [9.17, 15) is 0 Å². The van der Waals surface area contributed by atoms with E-state index in [2.05, 4.69) is 22.5 Å². The Kier molecular flexibility index (Phi) is 10.6. The Morgan fingerprint density at radius 3 is 2.79 bits per heavy atom. The Bertz CT molecular complexity index is 512. The molecule has 1 heterocycles. The average Bonchev–Trinajstić information content (AvgIpc) is 3.03. The van der Waals surface area contributed by atoms with Gasteiger partial charge in [-0.1, -0.05) is 6.07 Å². The maximum atomic E-state index is 5.39. The van der Waals surface area contributed by atoms with Crippen LogP contribution < -0.4 is 20.1 Å². The van der Waals surface area contributed by atoms with Crippen LogP contribution in [0.1, 0.15) is 31.7 Å². The predicted octanol–water partition coefficient (Wildman–Crippen LogP) is 2.91. The first-order chi connectivity index (χ1) is 11.3. The van der Waals surface area contributed by atoms with Crippen molar-refractivity contribution >= 4 is 29.9 Å². The molecule has 0 amide bonds. The summed E-state index contributed by atoms with van der Waals surface area (Å²) in [5.74, 6) is 2.45. The first kappa shape index (κ1) is 20.8. The summed E-state index contributed by atoms with van der Waals surface area (Å²) in [6.45, 7) is 5.56. The lowest BCUT2D eigenvalue weighted by Gasteiger charge is -2.11. The third-order valence-corrected chi connectivity index (χ3v) is 3.52. The summed E-state index contributed by atoms with van der Waals surface area (Å²) >= 11 is 0. The van der Waals surface area contributed by atoms with Crippen LogP contribution >= 0.6 is 24.0 Å². The van der Waals surface area contributed by atoms with Gasteiger partial charge in [0, 0.05) is 26.8 Å². The lowest BCUT2D eigenvalue weighted by Crippen LogP contribution is -2.37. The van der Waals surface area contributed by atoms with Crippen molar-refractivity contribution in [1.29, 1.82) is 0 Å². The van der Waals surface area contributed by atoms with Crippen LogP contribution in [-0.2, 0) is 11.3 Å². The molecule has 136 valence electrons. The van der Waals surface area contributed by atoms with E-state index in [4.69, 9.17) is 14.2 Å². The van der Waals surface area contributed by atoms with Gasteiger partial charge in [-0.3, -0.25) is 0 Å². The second-order valence-corrected chi connectivity index (χ2v) is 5.36. The van der Waals surface area contributed by atoms with Gasteiger partial charge in [-0.05, 0) is 43.9 Å². The van der Waals surface area contributed by atoms with Crippen molar-refractivity contribution < 1.29 is 14.2 Å². The van der Waals surface area contributed by atoms with E-state index >= 15 is 0 Å². The largest absolute Gasteiger partial charge is 0.454 e. The first-order valence-corrected chi connectivity index (χ1v) is 8.23. The molecule has 7 heteroatoms. The molecule has 6 nitrogen and oxygen atoms in total. The number of benzene rings is 1. The van der Waals surface area contributed by atoms with Gasteiger partial charge in [0.25, 0.3) is 0 Å². The van der Waals surface area contributed by atoms with Crippen LogP contribution in [-0.4, -0.2) is 39.6 Å². The molecule has 0 aliphatic carbocycles. The highest BCUT2D eigenvalue weighted by Crippen LogP contribution is 2.32. The number of halogens is 1. The Balaban J connectivity index is 0.00000288. The van der Waals surface area contributed by atoms with Crippen LogP contribution in [0.15, 0.2) is 23.2 Å². The van der Waals surface area contributed by atoms with Crippen molar-refractivity contribution in [2.75, 3.05) is 33.6 Å². The third-order valence-electron chi connectivity index (χ3n) is 3.52. The van der Waals surface area contributed by atoms with Gasteiger partial charge in [0.15, 0.2) is 17.5 Å². The van der Waals surface area contributed by atoms with Crippen LogP contribution in [0.5, 0.6) is 11.5 Å². The van der Waals surface area contributed by atoms with Gasteiger partial charge in [0.05, 0.1) is 6.54 Å². The number of methoxy groups -OCH3 is 1. The molecule has 0 spiro atoms. The van der Waals surface area contributed by atoms with Gasteiger partial charge >= 0.3 is 0 Å². The summed E-state index contributed by atoms with van der Waals surface area (Å²) < 4.78 is 15.8. The second kappa shape index (κ2) is 12.2. The molecule has 24 heavy (non-hydrogen) atoms. The predicted molar refractivity (Wildman–Crippen MR) is 107 cm³/mol. The SMILES string of the molecule is CCNC(=NCc1ccc2c(c1)OCO2)NCCCCCOC.I. The molecule has 0 saturated heterocycles. The molecular weight excluding hydrogens is 421 g/mol. The summed E-state index contributed by atoms with van der Waals surface area (Å²) in [5, 5.41) is 6.63. The highest BCUT2D eigenvalue weighted by atomic mass is 127. The van der Waals surface area contributed by atoms with Gasteiger partial charge < -0.3 is 24.8 Å². The summed E-state index contributed by atoms with van der Waals surface area (Å²) in [7, 11) is 1.74. The monoisotopic (exact) mass is 449 g/mol. The molecule has 2 N–H and O–H groups in total. The zero-order valence-electron chi connectivity index (χ0n) is 14.5. The van der Waals surface area contributed by atoms with Crippen LogP contribution in [0, 0.1) is 0 Å². The second-order valence-electron chi connectivity index (χ2n) is 5.36. The summed E-state index contributed by atoms with van der Waals surface area (Å²) in [4.78, 5) is 4.62. The molecule has 1 aromatic rings. The average molecular weight is 449 g/mol. The van der Waals surface area contributed by atoms with Crippen molar-refractivity contribution in [3.8, 4) is 11.5 Å². The summed E-state index contributed by atoms with van der Waals surface area (Å²) in [6.07, 6.45) is 3.36. The summed E-state index contributed by atoms with van der Waals surface area (Å²) in [5.41, 5.74) is 1.10. The molecule has 0 radical (unpaired) electrons. The van der Waals surface area contributed by atoms with Crippen molar-refractivity contribution in [1.82, 2.24) is 10.6 Å². The smallest absolute Gasteiger partial charge is 0.231 e. The van der Waals surface area contributed by atoms with Crippen molar-refractivity contribution in [2.24, 2.45) is 4.99 Å². The molecule has 0 fully saturated rings. The minimum atomic E-state index is 0. The fraction of sp³-hybridized carbons (Fsp3) is 0.588. The number of fused-ring (bicyclic) bond motifs is 1. The van der Waals surface area contributed by atoms with Gasteiger partial charge in [0.2, 0.25) is 6.79 Å². The Morgan fingerprint density at radius 1 is 1.17 bits per heavy atom. The molecule has 0 aromatic heterocycles. The molecule has 0 bridgehead atoms. The van der Waals surface area contributed by atoms with Crippen LogP contribution in [0.3, 0.4) is 0 Å². The fourth-order valence-electron chi connectivity index (χ4n) is 2.31. The molecule has 0 saturated carbocycles. The van der Waals surface area contributed by atoms with Gasteiger partial charge in [-0.15, -0.1) is 24.0 Å². The summed E-state index contributed by atoms with van der Waals surface area (Å²) in [6, 6.07) is 5.94. The van der Waals surface area contributed by atoms with E-state index in [1.807, 2.05) is 18.2 Å². The highest BCUT2D eigenvalue weighted by Gasteiger charge is 2.12. The maximum Gasteiger partial charge on any atom is 0.231 e. The van der Waals surface area contributed by atoms with E-state index in [0.29, 0.717) is 13.3 Å². The van der Waals surface area contributed by atoms with E-state index in [0.717, 1.165) is 62.0 Å². The molecule has 0 unspecified atom stereocenters. The van der Waals surface area contributed by atoms with Gasteiger partial charge in [-0.25, -0.2) is 4.99 Å². The van der Waals surface area contributed by atoms with Crippen LogP contribution in [0.4, 0.5) is 0 Å². The standard InChI is InChI=1S/C17H27N3O3.HI/c1-3-18-17(19-9-5-4-6-10-21-2)20-12-14-7-8-15-16(11-14)23-13-22-15;/h7-8,11H,3-6,9-10,12-13H2,1-2H3,(H2,18,19,20);1H. The Morgan fingerprint density at radius 2 is 2.00 bits per heavy atom. The van der Waals surface area contributed by atoms with Crippen molar-refractivity contribution in [3.63, 3.8) is 0 Å². The first-order valence-electron chi connectivity index (χ1n) is 8.23. The topological polar surface area (TPSA) is 64.1 Å². The molecule has 1 aromatic carbocycles. The van der Waals surface area contributed by atoms with Crippen molar-refractivity contribution in [2.45, 2.75) is 32.7 Å². The van der Waals surface area contributed by atoms with E-state index in [1.54, 1.807) is 7.11 Å². The lowest BCUT2D eigenvalue weighted by molar-refractivity contribution is 0.174. The Hall–Kier alpha value is -1.22. The minimum absolute atomic E-state index is 0. The normalized spacial score (nSPS) is 12.7. The van der Waals surface area contributed by atoms with E-state index in [-0.39, 0.29) is 24.0 Å². The number of ether oxygens (including phenoxy) is 3. The Labute approximate surface area is 161 Å². The number of nitrogens with zero attached hydrogens (tertiary/aromatic N) is 1. The number of rotatable bonds is 9. The maximum absolute atomic E-state index is 5.39.